The number of halogens is 3. The lowest BCUT2D eigenvalue weighted by Gasteiger charge is -2.37. The number of nitrogens with one attached hydrogen (secondary N) is 1. The lowest BCUT2D eigenvalue weighted by atomic mass is 9.70. The fourth-order valence-corrected chi connectivity index (χ4v) is 2.70. The largest absolute Gasteiger partial charge is 0.416 e. The molecular formula is C16H22F3N. The molecule has 4 heteroatoms. The van der Waals surface area contributed by atoms with Gasteiger partial charge >= 0.3 is 6.18 Å². The van der Waals surface area contributed by atoms with E-state index in [2.05, 4.69) is 19.2 Å². The van der Waals surface area contributed by atoms with E-state index < -0.39 is 11.7 Å². The van der Waals surface area contributed by atoms with Gasteiger partial charge in [-0.2, -0.15) is 13.2 Å². The monoisotopic (exact) mass is 285 g/mol. The van der Waals surface area contributed by atoms with Crippen LogP contribution in [0.2, 0.25) is 0 Å². The zero-order valence-corrected chi connectivity index (χ0v) is 12.0. The first-order chi connectivity index (χ1) is 9.36. The smallest absolute Gasteiger partial charge is 0.314 e. The third-order valence-corrected chi connectivity index (χ3v) is 4.14. The molecule has 1 N–H and O–H groups in total. The number of alkyl halides is 3. The van der Waals surface area contributed by atoms with Crippen molar-refractivity contribution in [3.63, 3.8) is 0 Å². The highest BCUT2D eigenvalue weighted by molar-refractivity contribution is 5.25. The van der Waals surface area contributed by atoms with Crippen molar-refractivity contribution in [3.05, 3.63) is 35.4 Å². The van der Waals surface area contributed by atoms with E-state index in [1.807, 2.05) is 0 Å². The van der Waals surface area contributed by atoms with E-state index in [1.54, 1.807) is 12.1 Å². The van der Waals surface area contributed by atoms with E-state index in [4.69, 9.17) is 0 Å². The molecular weight excluding hydrogens is 263 g/mol. The Bertz CT molecular complexity index is 422. The maximum Gasteiger partial charge on any atom is 0.416 e. The molecule has 1 saturated carbocycles. The van der Waals surface area contributed by atoms with E-state index in [0.29, 0.717) is 17.9 Å². The van der Waals surface area contributed by atoms with Gasteiger partial charge in [0, 0.05) is 6.04 Å². The van der Waals surface area contributed by atoms with Crippen LogP contribution >= 0.6 is 0 Å². The molecule has 0 radical (unpaired) electrons. The van der Waals surface area contributed by atoms with Crippen molar-refractivity contribution in [1.29, 1.82) is 0 Å². The van der Waals surface area contributed by atoms with Gasteiger partial charge in [-0.1, -0.05) is 26.0 Å². The van der Waals surface area contributed by atoms with Crippen molar-refractivity contribution >= 4 is 0 Å². The van der Waals surface area contributed by atoms with Gasteiger partial charge < -0.3 is 5.32 Å². The van der Waals surface area contributed by atoms with E-state index >= 15 is 0 Å². The molecule has 2 unspecified atom stereocenters. The number of benzene rings is 1. The van der Waals surface area contributed by atoms with Crippen LogP contribution in [0.5, 0.6) is 0 Å². The van der Waals surface area contributed by atoms with Crippen LogP contribution in [0.1, 0.15) is 37.8 Å². The predicted octanol–water partition coefficient (Wildman–Crippen LogP) is 4.27. The second-order valence-electron chi connectivity index (χ2n) is 6.06. The average Bonchev–Trinajstić information content (AvgIpc) is 2.34. The summed E-state index contributed by atoms with van der Waals surface area (Å²) in [6, 6.07) is 6.11. The summed E-state index contributed by atoms with van der Waals surface area (Å²) < 4.78 is 37.5. The van der Waals surface area contributed by atoms with E-state index in [9.17, 15) is 13.2 Å². The Morgan fingerprint density at radius 2 is 1.70 bits per heavy atom. The molecule has 1 fully saturated rings. The number of rotatable bonds is 5. The molecule has 0 aromatic heterocycles. The van der Waals surface area contributed by atoms with Gasteiger partial charge in [0.05, 0.1) is 5.56 Å². The molecule has 2 atom stereocenters. The third-order valence-electron chi connectivity index (χ3n) is 4.14. The van der Waals surface area contributed by atoms with Crippen molar-refractivity contribution in [1.82, 2.24) is 5.32 Å². The Morgan fingerprint density at radius 1 is 1.10 bits per heavy atom. The number of hydrogen-bond acceptors (Lipinski definition) is 1. The molecule has 112 valence electrons. The van der Waals surface area contributed by atoms with Crippen molar-refractivity contribution in [2.75, 3.05) is 6.54 Å². The van der Waals surface area contributed by atoms with Crippen molar-refractivity contribution in [2.45, 2.75) is 45.3 Å². The Morgan fingerprint density at radius 3 is 2.15 bits per heavy atom. The zero-order valence-electron chi connectivity index (χ0n) is 12.0. The highest BCUT2D eigenvalue weighted by atomic mass is 19.4. The van der Waals surface area contributed by atoms with Gasteiger partial charge in [0.2, 0.25) is 0 Å². The Labute approximate surface area is 118 Å². The first kappa shape index (κ1) is 15.4. The van der Waals surface area contributed by atoms with Gasteiger partial charge in [0.1, 0.15) is 0 Å². The maximum absolute atomic E-state index is 12.5. The Balaban J connectivity index is 1.87. The highest BCUT2D eigenvalue weighted by Crippen LogP contribution is 2.37. The van der Waals surface area contributed by atoms with Crippen LogP contribution in [-0.2, 0) is 12.6 Å². The topological polar surface area (TPSA) is 12.0 Å². The van der Waals surface area contributed by atoms with Crippen molar-refractivity contribution in [2.24, 2.45) is 11.8 Å². The minimum Gasteiger partial charge on any atom is -0.314 e. The van der Waals surface area contributed by atoms with Crippen LogP contribution in [0.3, 0.4) is 0 Å². The van der Waals surface area contributed by atoms with Crippen molar-refractivity contribution in [3.8, 4) is 0 Å². The van der Waals surface area contributed by atoms with Gasteiger partial charge in [-0.05, 0) is 55.3 Å². The summed E-state index contributed by atoms with van der Waals surface area (Å²) in [5, 5.41) is 3.44. The van der Waals surface area contributed by atoms with Gasteiger partial charge in [0.25, 0.3) is 0 Å². The highest BCUT2D eigenvalue weighted by Gasteiger charge is 2.32. The summed E-state index contributed by atoms with van der Waals surface area (Å²) in [5.74, 6) is 1.28. The van der Waals surface area contributed by atoms with Gasteiger partial charge in [-0.15, -0.1) is 0 Å². The normalized spacial score (nSPS) is 22.9. The summed E-state index contributed by atoms with van der Waals surface area (Å²) in [5.41, 5.74) is 0.449. The van der Waals surface area contributed by atoms with E-state index in [1.165, 1.54) is 25.0 Å². The molecule has 1 aliphatic carbocycles. The first-order valence-corrected chi connectivity index (χ1v) is 7.26. The number of hydrogen-bond donors (Lipinski definition) is 1. The quantitative estimate of drug-likeness (QED) is 0.852. The summed E-state index contributed by atoms with van der Waals surface area (Å²) >= 11 is 0. The molecule has 1 aromatic rings. The molecule has 1 aliphatic rings. The summed E-state index contributed by atoms with van der Waals surface area (Å²) in [7, 11) is 0. The maximum atomic E-state index is 12.5. The van der Waals surface area contributed by atoms with E-state index in [0.717, 1.165) is 18.5 Å². The third kappa shape index (κ3) is 3.98. The molecule has 0 amide bonds. The molecule has 0 bridgehead atoms. The van der Waals surface area contributed by atoms with Crippen molar-refractivity contribution < 1.29 is 13.2 Å². The van der Waals surface area contributed by atoms with Crippen LogP contribution < -0.4 is 5.32 Å². The summed E-state index contributed by atoms with van der Waals surface area (Å²) in [4.78, 5) is 0. The lowest BCUT2D eigenvalue weighted by molar-refractivity contribution is -0.137. The van der Waals surface area contributed by atoms with Crippen LogP contribution in [0.4, 0.5) is 13.2 Å². The molecule has 20 heavy (non-hydrogen) atoms. The molecule has 1 nitrogen and oxygen atoms in total. The first-order valence-electron chi connectivity index (χ1n) is 7.26. The second-order valence-corrected chi connectivity index (χ2v) is 6.06. The second kappa shape index (κ2) is 6.17. The molecule has 0 heterocycles. The van der Waals surface area contributed by atoms with Gasteiger partial charge in [-0.3, -0.25) is 0 Å². The van der Waals surface area contributed by atoms with Crippen LogP contribution in [0, 0.1) is 11.8 Å². The SMILES string of the molecule is CC(C)NCC1CCC1Cc1ccc(C(F)(F)F)cc1. The molecule has 0 spiro atoms. The molecule has 0 saturated heterocycles. The van der Waals surface area contributed by atoms with Crippen LogP contribution in [0.15, 0.2) is 24.3 Å². The standard InChI is InChI=1S/C16H22F3N/c1-11(2)20-10-14-6-5-13(14)9-12-3-7-15(8-4-12)16(17,18)19/h3-4,7-8,11,13-14,20H,5-6,9-10H2,1-2H3. The zero-order chi connectivity index (χ0) is 14.8. The average molecular weight is 285 g/mol. The molecule has 2 rings (SSSR count). The fourth-order valence-electron chi connectivity index (χ4n) is 2.70. The Hall–Kier alpha value is -1.03. The van der Waals surface area contributed by atoms with Gasteiger partial charge in [0.15, 0.2) is 0 Å². The molecule has 0 aliphatic heterocycles. The van der Waals surface area contributed by atoms with Gasteiger partial charge in [-0.25, -0.2) is 0 Å². The summed E-state index contributed by atoms with van der Waals surface area (Å²) in [6.07, 6.45) is -0.933. The van der Waals surface area contributed by atoms with E-state index in [-0.39, 0.29) is 0 Å². The fraction of sp³-hybridized carbons (Fsp3) is 0.625. The van der Waals surface area contributed by atoms with Crippen LogP contribution in [-0.4, -0.2) is 12.6 Å². The minimum atomic E-state index is -4.24. The lowest BCUT2D eigenvalue weighted by Crippen LogP contribution is -2.38. The van der Waals surface area contributed by atoms with Crippen LogP contribution in [0.25, 0.3) is 0 Å². The predicted molar refractivity (Wildman–Crippen MR) is 74.5 cm³/mol. The molecule has 1 aromatic carbocycles. The summed E-state index contributed by atoms with van der Waals surface area (Å²) in [6.45, 7) is 5.27. The minimum absolute atomic E-state index is 0.488. The Kier molecular flexibility index (Phi) is 4.74.